The molecule has 3 nitrogen and oxygen atoms in total. The number of amides is 1. The Bertz CT molecular complexity index is 419. The Morgan fingerprint density at radius 3 is 2.88 bits per heavy atom. The second-order valence-electron chi connectivity index (χ2n) is 4.16. The van der Waals surface area contributed by atoms with Gasteiger partial charge in [0, 0.05) is 23.7 Å². The molecule has 1 N–H and O–H groups in total. The lowest BCUT2D eigenvalue weighted by atomic mass is 10.1. The van der Waals surface area contributed by atoms with Crippen molar-refractivity contribution in [3.63, 3.8) is 0 Å². The van der Waals surface area contributed by atoms with Crippen molar-refractivity contribution < 1.29 is 9.90 Å². The molecule has 0 aromatic heterocycles. The van der Waals surface area contributed by atoms with Gasteiger partial charge >= 0.3 is 0 Å². The highest BCUT2D eigenvalue weighted by Gasteiger charge is 2.25. The number of aryl methyl sites for hydroxylation is 1. The van der Waals surface area contributed by atoms with Gasteiger partial charge in [0.05, 0.1) is 6.10 Å². The highest BCUT2D eigenvalue weighted by Crippen LogP contribution is 2.19. The molecule has 1 aromatic carbocycles. The van der Waals surface area contributed by atoms with Gasteiger partial charge < -0.3 is 10.0 Å². The van der Waals surface area contributed by atoms with E-state index in [2.05, 4.69) is 0 Å². The van der Waals surface area contributed by atoms with Gasteiger partial charge in [-0.3, -0.25) is 4.79 Å². The fourth-order valence-corrected chi connectivity index (χ4v) is 2.00. The molecule has 0 spiro atoms. The summed E-state index contributed by atoms with van der Waals surface area (Å²) < 4.78 is 0. The van der Waals surface area contributed by atoms with E-state index >= 15 is 0 Å². The second-order valence-corrected chi connectivity index (χ2v) is 4.56. The standard InChI is InChI=1S/C12H14ClNO2/c1-8-6-9(2-3-11(8)13)12(16)14-5-4-10(15)7-14/h2-3,6,10,15H,4-5,7H2,1H3. The molecule has 1 atom stereocenters. The maximum atomic E-state index is 12.0. The van der Waals surface area contributed by atoms with Crippen LogP contribution in [0.15, 0.2) is 18.2 Å². The molecular weight excluding hydrogens is 226 g/mol. The second kappa shape index (κ2) is 4.44. The molecule has 1 unspecified atom stereocenters. The normalized spacial score (nSPS) is 20.2. The van der Waals surface area contributed by atoms with E-state index in [0.29, 0.717) is 30.1 Å². The lowest BCUT2D eigenvalue weighted by Crippen LogP contribution is -2.29. The van der Waals surface area contributed by atoms with Crippen molar-refractivity contribution in [3.05, 3.63) is 34.3 Å². The first kappa shape index (κ1) is 11.4. The molecule has 1 aliphatic rings. The summed E-state index contributed by atoms with van der Waals surface area (Å²) in [5, 5.41) is 10.0. The number of β-amino-alcohol motifs (C(OH)–C–C–N with tert-alkyl or cyclic N) is 1. The Labute approximate surface area is 99.6 Å². The van der Waals surface area contributed by atoms with Crippen LogP contribution in [-0.4, -0.2) is 35.1 Å². The highest BCUT2D eigenvalue weighted by atomic mass is 35.5. The molecule has 1 aromatic rings. The molecule has 0 aliphatic carbocycles. The lowest BCUT2D eigenvalue weighted by molar-refractivity contribution is 0.0765. The van der Waals surface area contributed by atoms with Crippen molar-refractivity contribution in [2.45, 2.75) is 19.4 Å². The van der Waals surface area contributed by atoms with E-state index in [1.165, 1.54) is 0 Å². The van der Waals surface area contributed by atoms with Crippen LogP contribution in [0.3, 0.4) is 0 Å². The van der Waals surface area contributed by atoms with Crippen molar-refractivity contribution in [1.82, 2.24) is 4.90 Å². The van der Waals surface area contributed by atoms with Crippen LogP contribution in [0.25, 0.3) is 0 Å². The van der Waals surface area contributed by atoms with Gasteiger partial charge in [0.1, 0.15) is 0 Å². The van der Waals surface area contributed by atoms with Crippen LogP contribution in [0.2, 0.25) is 5.02 Å². The molecule has 0 bridgehead atoms. The number of likely N-dealkylation sites (tertiary alicyclic amines) is 1. The van der Waals surface area contributed by atoms with E-state index < -0.39 is 0 Å². The molecule has 0 saturated carbocycles. The number of rotatable bonds is 1. The average Bonchev–Trinajstić information content (AvgIpc) is 2.68. The van der Waals surface area contributed by atoms with E-state index in [1.54, 1.807) is 23.1 Å². The number of nitrogens with zero attached hydrogens (tertiary/aromatic N) is 1. The molecule has 86 valence electrons. The van der Waals surface area contributed by atoms with E-state index in [9.17, 15) is 9.90 Å². The van der Waals surface area contributed by atoms with Crippen LogP contribution in [0.1, 0.15) is 22.3 Å². The number of hydrogen-bond acceptors (Lipinski definition) is 2. The van der Waals surface area contributed by atoms with Gasteiger partial charge in [-0.05, 0) is 37.1 Å². The zero-order valence-electron chi connectivity index (χ0n) is 9.11. The third-order valence-corrected chi connectivity index (χ3v) is 3.28. The predicted molar refractivity (Wildman–Crippen MR) is 62.7 cm³/mol. The Morgan fingerprint density at radius 1 is 1.56 bits per heavy atom. The van der Waals surface area contributed by atoms with Gasteiger partial charge in [-0.2, -0.15) is 0 Å². The van der Waals surface area contributed by atoms with Gasteiger partial charge in [-0.25, -0.2) is 0 Å². The third kappa shape index (κ3) is 2.20. The van der Waals surface area contributed by atoms with Crippen LogP contribution in [-0.2, 0) is 0 Å². The summed E-state index contributed by atoms with van der Waals surface area (Å²) >= 11 is 5.90. The maximum absolute atomic E-state index is 12.0. The van der Waals surface area contributed by atoms with Crippen molar-refractivity contribution in [2.75, 3.05) is 13.1 Å². The summed E-state index contributed by atoms with van der Waals surface area (Å²) in [6.45, 7) is 2.93. The quantitative estimate of drug-likeness (QED) is 0.813. The molecule has 1 aliphatic heterocycles. The zero-order chi connectivity index (χ0) is 11.7. The highest BCUT2D eigenvalue weighted by molar-refractivity contribution is 6.31. The maximum Gasteiger partial charge on any atom is 0.253 e. The summed E-state index contributed by atoms with van der Waals surface area (Å²) in [7, 11) is 0. The fraction of sp³-hybridized carbons (Fsp3) is 0.417. The van der Waals surface area contributed by atoms with Gasteiger partial charge in [-0.1, -0.05) is 11.6 Å². The van der Waals surface area contributed by atoms with Crippen molar-refractivity contribution >= 4 is 17.5 Å². The van der Waals surface area contributed by atoms with E-state index in [0.717, 1.165) is 5.56 Å². The number of carbonyl (C=O) groups excluding carboxylic acids is 1. The minimum absolute atomic E-state index is 0.0312. The van der Waals surface area contributed by atoms with E-state index in [-0.39, 0.29) is 12.0 Å². The summed E-state index contributed by atoms with van der Waals surface area (Å²) in [6, 6.07) is 5.24. The minimum atomic E-state index is -0.377. The lowest BCUT2D eigenvalue weighted by Gasteiger charge is -2.15. The topological polar surface area (TPSA) is 40.5 Å². The number of benzene rings is 1. The number of hydrogen-bond donors (Lipinski definition) is 1. The van der Waals surface area contributed by atoms with Crippen LogP contribution in [0, 0.1) is 6.92 Å². The minimum Gasteiger partial charge on any atom is -0.391 e. The third-order valence-electron chi connectivity index (χ3n) is 2.86. The molecule has 1 saturated heterocycles. The molecule has 2 rings (SSSR count). The summed E-state index contributed by atoms with van der Waals surface area (Å²) in [4.78, 5) is 13.7. The SMILES string of the molecule is Cc1cc(C(=O)N2CCC(O)C2)ccc1Cl. The van der Waals surface area contributed by atoms with Gasteiger partial charge in [0.25, 0.3) is 5.91 Å². The Balaban J connectivity index is 2.18. The monoisotopic (exact) mass is 239 g/mol. The first-order valence-corrected chi connectivity index (χ1v) is 5.69. The molecule has 1 fully saturated rings. The van der Waals surface area contributed by atoms with Crippen LogP contribution < -0.4 is 0 Å². The van der Waals surface area contributed by atoms with E-state index in [4.69, 9.17) is 11.6 Å². The number of carbonyl (C=O) groups is 1. The molecule has 1 amide bonds. The van der Waals surface area contributed by atoms with Crippen LogP contribution in [0.5, 0.6) is 0 Å². The van der Waals surface area contributed by atoms with Crippen molar-refractivity contribution in [1.29, 1.82) is 0 Å². The number of aliphatic hydroxyl groups excluding tert-OH is 1. The first-order chi connectivity index (χ1) is 7.58. The Hall–Kier alpha value is -1.06. The predicted octanol–water partition coefficient (Wildman–Crippen LogP) is 1.86. The summed E-state index contributed by atoms with van der Waals surface area (Å²) in [5.41, 5.74) is 1.53. The largest absolute Gasteiger partial charge is 0.391 e. The zero-order valence-corrected chi connectivity index (χ0v) is 9.87. The average molecular weight is 240 g/mol. The molecule has 0 radical (unpaired) electrons. The summed E-state index contributed by atoms with van der Waals surface area (Å²) in [5.74, 6) is -0.0312. The fourth-order valence-electron chi connectivity index (χ4n) is 1.89. The molecular formula is C12H14ClNO2. The van der Waals surface area contributed by atoms with Gasteiger partial charge in [0.15, 0.2) is 0 Å². The van der Waals surface area contributed by atoms with Crippen molar-refractivity contribution in [3.8, 4) is 0 Å². The Morgan fingerprint density at radius 2 is 2.31 bits per heavy atom. The first-order valence-electron chi connectivity index (χ1n) is 5.31. The molecule has 4 heteroatoms. The van der Waals surface area contributed by atoms with Crippen LogP contribution >= 0.6 is 11.6 Å². The number of halogens is 1. The van der Waals surface area contributed by atoms with Gasteiger partial charge in [-0.15, -0.1) is 0 Å². The van der Waals surface area contributed by atoms with E-state index in [1.807, 2.05) is 6.92 Å². The number of aliphatic hydroxyl groups is 1. The Kier molecular flexibility index (Phi) is 3.17. The smallest absolute Gasteiger partial charge is 0.253 e. The summed E-state index contributed by atoms with van der Waals surface area (Å²) in [6.07, 6.45) is 0.288. The molecule has 1 heterocycles. The molecule has 16 heavy (non-hydrogen) atoms. The van der Waals surface area contributed by atoms with Crippen LogP contribution in [0.4, 0.5) is 0 Å². The van der Waals surface area contributed by atoms with Crippen molar-refractivity contribution in [2.24, 2.45) is 0 Å². The van der Waals surface area contributed by atoms with Gasteiger partial charge in [0.2, 0.25) is 0 Å².